The van der Waals surface area contributed by atoms with Crippen LogP contribution in [0, 0.1) is 6.92 Å². The maximum absolute atomic E-state index is 6.14. The summed E-state index contributed by atoms with van der Waals surface area (Å²) in [5.41, 5.74) is 5.64. The summed E-state index contributed by atoms with van der Waals surface area (Å²) in [5.74, 6) is 1.99. The van der Waals surface area contributed by atoms with Crippen molar-refractivity contribution in [3.63, 3.8) is 0 Å². The first-order chi connectivity index (χ1) is 16.6. The van der Waals surface area contributed by atoms with Crippen LogP contribution in [-0.2, 0) is 17.8 Å². The second-order valence-electron chi connectivity index (χ2n) is 7.90. The van der Waals surface area contributed by atoms with Crippen LogP contribution in [0.4, 0.5) is 0 Å². The summed E-state index contributed by atoms with van der Waals surface area (Å²) in [6.45, 7) is 5.48. The molecule has 4 rings (SSSR count). The zero-order chi connectivity index (χ0) is 23.8. The number of hydrogen-bond acceptors (Lipinski definition) is 7. The fraction of sp³-hybridized carbons (Fsp3) is 0.308. The number of rotatable bonds is 12. The fourth-order valence-electron chi connectivity index (χ4n) is 3.47. The summed E-state index contributed by atoms with van der Waals surface area (Å²) in [6, 6.07) is 17.7. The molecule has 1 atom stereocenters. The number of benzene rings is 2. The van der Waals surface area contributed by atoms with Gasteiger partial charge in [-0.2, -0.15) is 0 Å². The first-order valence-corrected chi connectivity index (χ1v) is 12.0. The second-order valence-corrected chi connectivity index (χ2v) is 8.83. The van der Waals surface area contributed by atoms with E-state index in [1.165, 1.54) is 4.88 Å². The quantitative estimate of drug-likeness (QED) is 0.291. The van der Waals surface area contributed by atoms with Crippen molar-refractivity contribution in [1.82, 2.24) is 15.2 Å². The van der Waals surface area contributed by atoms with Gasteiger partial charge in [0.25, 0.3) is 0 Å². The second kappa shape index (κ2) is 11.7. The van der Waals surface area contributed by atoms with Gasteiger partial charge in [0.1, 0.15) is 24.2 Å². The Hall–Kier alpha value is -3.36. The van der Waals surface area contributed by atoms with Gasteiger partial charge in [-0.1, -0.05) is 30.3 Å². The summed E-state index contributed by atoms with van der Waals surface area (Å²) in [6.07, 6.45) is 0.686. The average molecular weight is 480 g/mol. The number of aromatic amines is 1. The number of aryl methyl sites for hydroxylation is 1. The van der Waals surface area contributed by atoms with Gasteiger partial charge in [-0.25, -0.2) is 4.98 Å². The Morgan fingerprint density at radius 3 is 2.68 bits per heavy atom. The molecule has 0 spiro atoms. The lowest BCUT2D eigenvalue weighted by molar-refractivity contribution is 0.0924. The van der Waals surface area contributed by atoms with Gasteiger partial charge in [-0.05, 0) is 37.6 Å². The van der Waals surface area contributed by atoms with Crippen molar-refractivity contribution >= 4 is 11.3 Å². The minimum atomic E-state index is -0.110. The third-order valence-corrected chi connectivity index (χ3v) is 6.19. The van der Waals surface area contributed by atoms with Crippen LogP contribution in [0.25, 0.3) is 11.3 Å². The van der Waals surface area contributed by atoms with Crippen molar-refractivity contribution in [2.75, 3.05) is 20.3 Å². The molecule has 0 fully saturated rings. The highest BCUT2D eigenvalue weighted by Gasteiger charge is 2.15. The van der Waals surface area contributed by atoms with E-state index in [9.17, 15) is 0 Å². The Bertz CT molecular complexity index is 1180. The molecule has 0 aliphatic rings. The molecule has 0 bridgehead atoms. The molecule has 2 aromatic heterocycles. The number of thiazole rings is 1. The van der Waals surface area contributed by atoms with Crippen LogP contribution in [-0.4, -0.2) is 41.6 Å². The van der Waals surface area contributed by atoms with Crippen molar-refractivity contribution in [3.05, 3.63) is 76.2 Å². The topological polar surface area (TPSA) is 78.5 Å². The molecule has 7 nitrogen and oxygen atoms in total. The lowest BCUT2D eigenvalue weighted by atomic mass is 10.1. The van der Waals surface area contributed by atoms with E-state index in [-0.39, 0.29) is 6.10 Å². The maximum atomic E-state index is 6.14. The Morgan fingerprint density at radius 2 is 1.91 bits per heavy atom. The molecule has 0 saturated heterocycles. The number of ether oxygens (including phenoxy) is 4. The van der Waals surface area contributed by atoms with E-state index in [4.69, 9.17) is 18.9 Å². The van der Waals surface area contributed by atoms with Gasteiger partial charge >= 0.3 is 0 Å². The Morgan fingerprint density at radius 1 is 1.06 bits per heavy atom. The van der Waals surface area contributed by atoms with Gasteiger partial charge in [0, 0.05) is 30.0 Å². The standard InChI is InChI=1S/C26H29N3O4S/c1-18(15-30-3)33-24-10-9-21(32-16-20-7-5-4-6-8-20)13-22(24)23-14-26(29-28-23)31-12-11-25-19(2)27-17-34-25/h4-10,13-14,17-18H,11-12,15-16H2,1-3H3,(H,28,29). The lowest BCUT2D eigenvalue weighted by Gasteiger charge is -2.17. The van der Waals surface area contributed by atoms with Gasteiger partial charge in [-0.15, -0.1) is 16.4 Å². The van der Waals surface area contributed by atoms with E-state index in [1.54, 1.807) is 18.4 Å². The van der Waals surface area contributed by atoms with Crippen LogP contribution in [0.2, 0.25) is 0 Å². The number of aromatic nitrogens is 3. The van der Waals surface area contributed by atoms with Crippen molar-refractivity contribution in [2.24, 2.45) is 0 Å². The number of methoxy groups -OCH3 is 1. The first-order valence-electron chi connectivity index (χ1n) is 11.2. The van der Waals surface area contributed by atoms with Crippen LogP contribution < -0.4 is 14.2 Å². The van der Waals surface area contributed by atoms with Crippen LogP contribution in [0.5, 0.6) is 17.4 Å². The minimum Gasteiger partial charge on any atom is -0.489 e. The van der Waals surface area contributed by atoms with Crippen LogP contribution in [0.1, 0.15) is 23.1 Å². The molecule has 0 amide bonds. The van der Waals surface area contributed by atoms with Gasteiger partial charge in [-0.3, -0.25) is 5.10 Å². The highest BCUT2D eigenvalue weighted by atomic mass is 32.1. The fourth-order valence-corrected chi connectivity index (χ4v) is 4.23. The third-order valence-electron chi connectivity index (χ3n) is 5.20. The van der Waals surface area contributed by atoms with E-state index in [0.29, 0.717) is 31.5 Å². The van der Waals surface area contributed by atoms with Gasteiger partial charge in [0.05, 0.1) is 30.1 Å². The summed E-state index contributed by atoms with van der Waals surface area (Å²) < 4.78 is 23.3. The molecule has 0 saturated carbocycles. The smallest absolute Gasteiger partial charge is 0.233 e. The summed E-state index contributed by atoms with van der Waals surface area (Å²) in [4.78, 5) is 5.51. The molecule has 2 heterocycles. The van der Waals surface area contributed by atoms with E-state index >= 15 is 0 Å². The van der Waals surface area contributed by atoms with Crippen molar-refractivity contribution in [1.29, 1.82) is 0 Å². The van der Waals surface area contributed by atoms with Gasteiger partial charge < -0.3 is 18.9 Å². The Balaban J connectivity index is 1.49. The normalized spacial score (nSPS) is 11.9. The van der Waals surface area contributed by atoms with Gasteiger partial charge in [0.2, 0.25) is 5.88 Å². The minimum absolute atomic E-state index is 0.110. The lowest BCUT2D eigenvalue weighted by Crippen LogP contribution is -2.18. The van der Waals surface area contributed by atoms with Crippen LogP contribution in [0.3, 0.4) is 0 Å². The SMILES string of the molecule is COCC(C)Oc1ccc(OCc2ccccc2)cc1-c1cc(OCCc2scnc2C)n[nH]1. The predicted octanol–water partition coefficient (Wildman–Crippen LogP) is 5.46. The summed E-state index contributed by atoms with van der Waals surface area (Å²) in [7, 11) is 1.66. The Labute approximate surface area is 203 Å². The average Bonchev–Trinajstić information content (AvgIpc) is 3.48. The van der Waals surface area contributed by atoms with Crippen LogP contribution >= 0.6 is 11.3 Å². The van der Waals surface area contributed by atoms with E-state index in [2.05, 4.69) is 15.2 Å². The number of nitrogens with zero attached hydrogens (tertiary/aromatic N) is 2. The number of nitrogens with one attached hydrogen (secondary N) is 1. The molecule has 1 N–H and O–H groups in total. The third kappa shape index (κ3) is 6.36. The summed E-state index contributed by atoms with van der Waals surface area (Å²) in [5, 5.41) is 7.41. The summed E-state index contributed by atoms with van der Waals surface area (Å²) >= 11 is 1.64. The first kappa shape index (κ1) is 23.8. The van der Waals surface area contributed by atoms with Crippen molar-refractivity contribution in [2.45, 2.75) is 33.0 Å². The van der Waals surface area contributed by atoms with Gasteiger partial charge in [0.15, 0.2) is 0 Å². The molecular weight excluding hydrogens is 450 g/mol. The zero-order valence-electron chi connectivity index (χ0n) is 19.6. The van der Waals surface area contributed by atoms with Crippen LogP contribution in [0.15, 0.2) is 60.1 Å². The molecule has 4 aromatic rings. The molecule has 0 aliphatic heterocycles. The molecule has 8 heteroatoms. The highest BCUT2D eigenvalue weighted by Crippen LogP contribution is 2.35. The monoisotopic (exact) mass is 479 g/mol. The van der Waals surface area contributed by atoms with E-state index in [1.807, 2.05) is 74.0 Å². The van der Waals surface area contributed by atoms with Crippen molar-refractivity contribution in [3.8, 4) is 28.6 Å². The highest BCUT2D eigenvalue weighted by molar-refractivity contribution is 7.09. The predicted molar refractivity (Wildman–Crippen MR) is 133 cm³/mol. The van der Waals surface area contributed by atoms with Crippen molar-refractivity contribution < 1.29 is 18.9 Å². The molecular formula is C26H29N3O4S. The molecule has 178 valence electrons. The number of hydrogen-bond donors (Lipinski definition) is 1. The molecule has 34 heavy (non-hydrogen) atoms. The molecule has 0 radical (unpaired) electrons. The number of H-pyrrole nitrogens is 1. The van der Waals surface area contributed by atoms with E-state index in [0.717, 1.165) is 34.7 Å². The Kier molecular flexibility index (Phi) is 8.17. The molecule has 0 aliphatic carbocycles. The molecule has 2 aromatic carbocycles. The largest absolute Gasteiger partial charge is 0.489 e. The molecule has 1 unspecified atom stereocenters. The van der Waals surface area contributed by atoms with E-state index < -0.39 is 0 Å². The zero-order valence-corrected chi connectivity index (χ0v) is 20.4. The maximum Gasteiger partial charge on any atom is 0.233 e.